The van der Waals surface area contributed by atoms with Crippen LogP contribution in [-0.2, 0) is 0 Å². The molecule has 0 N–H and O–H groups in total. The third-order valence-corrected chi connectivity index (χ3v) is 2.86. The second-order valence-corrected chi connectivity index (χ2v) is 11.3. The van der Waals surface area contributed by atoms with Gasteiger partial charge in [0.1, 0.15) is 0 Å². The minimum Gasteiger partial charge on any atom is -0.0654 e. The molecule has 0 heterocycles. The number of rotatable bonds is 7. The first-order chi connectivity index (χ1) is 21.2. The van der Waals surface area contributed by atoms with Crippen molar-refractivity contribution >= 4 is 0 Å². The summed E-state index contributed by atoms with van der Waals surface area (Å²) >= 11 is 0. The van der Waals surface area contributed by atoms with Crippen molar-refractivity contribution in [3.63, 3.8) is 0 Å². The summed E-state index contributed by atoms with van der Waals surface area (Å²) in [7, 11) is 0. The molecule has 224 valence electrons. The second-order valence-electron chi connectivity index (χ2n) is 11.3. The van der Waals surface area contributed by atoms with Gasteiger partial charge >= 0.3 is 0 Å². The molecule has 0 aliphatic heterocycles. The van der Waals surface area contributed by atoms with Crippen molar-refractivity contribution < 1.29 is 19.2 Å². The van der Waals surface area contributed by atoms with Crippen LogP contribution in [0.3, 0.4) is 0 Å². The molecule has 0 radical (unpaired) electrons. The first-order valence-corrected chi connectivity index (χ1v) is 14.1. The highest BCUT2D eigenvalue weighted by molar-refractivity contribution is 4.39. The Hall–Kier alpha value is 0. The lowest BCUT2D eigenvalue weighted by atomic mass is 10.1. The van der Waals surface area contributed by atoms with E-state index >= 15 is 0 Å². The zero-order valence-electron chi connectivity index (χ0n) is 41.9. The molecule has 0 fully saturated rings. The molecule has 0 rings (SSSR count). The molecule has 0 atom stereocenters. The van der Waals surface area contributed by atoms with Crippen molar-refractivity contribution in [2.24, 2.45) is 41.4 Å². The number of hydrogen-bond donors (Lipinski definition) is 0. The molecule has 0 spiro atoms. The Labute approximate surface area is 251 Å². The van der Waals surface area contributed by atoms with Crippen LogP contribution in [0.2, 0.25) is 0 Å². The molecule has 0 aromatic heterocycles. The van der Waals surface area contributed by atoms with E-state index in [4.69, 9.17) is 19.2 Å². The SMILES string of the molecule is CC(C)C.CCC(C)C.CCCC(C)C.[2H]C([2H])(C)C([2H])([2H])C(C)C.[2H]C([2H])([2H])C(C)C.[2H]C([2H])([2H])CC(C)C.[2H]C([2H])C([2H])([2H])C(C)C. The molecule has 0 aliphatic rings. The predicted octanol–water partition coefficient (Wildman–Crippen LogP) is 14.4. The lowest BCUT2D eigenvalue weighted by molar-refractivity contribution is 0.576. The molecule has 0 amide bonds. The van der Waals surface area contributed by atoms with Crippen molar-refractivity contribution in [1.29, 1.82) is 0 Å². The van der Waals surface area contributed by atoms with Crippen LogP contribution in [0, 0.1) is 41.4 Å². The molecule has 0 aromatic carbocycles. The maximum atomic E-state index is 7.32. The summed E-state index contributed by atoms with van der Waals surface area (Å²) in [5.41, 5.74) is 0. The van der Waals surface area contributed by atoms with E-state index in [1.54, 1.807) is 41.5 Å². The lowest BCUT2D eigenvalue weighted by Crippen LogP contribution is -1.81. The van der Waals surface area contributed by atoms with Gasteiger partial charge in [-0.15, -0.1) is 0 Å². The van der Waals surface area contributed by atoms with Crippen LogP contribution < -0.4 is 0 Å². The van der Waals surface area contributed by atoms with E-state index < -0.39 is 39.7 Å². The Balaban J connectivity index is -0.0000000855. The van der Waals surface area contributed by atoms with Gasteiger partial charge in [-0.3, -0.25) is 0 Å². The van der Waals surface area contributed by atoms with Crippen molar-refractivity contribution in [2.45, 2.75) is 190 Å². The van der Waals surface area contributed by atoms with Gasteiger partial charge in [-0.1, -0.05) is 190 Å². The summed E-state index contributed by atoms with van der Waals surface area (Å²) in [6.45, 7) is 30.2. The largest absolute Gasteiger partial charge is 0.0654 e. The third-order valence-electron chi connectivity index (χ3n) is 2.86. The van der Waals surface area contributed by atoms with E-state index in [-0.39, 0.29) is 23.7 Å². The van der Waals surface area contributed by atoms with Gasteiger partial charge in [0, 0.05) is 19.2 Å². The quantitative estimate of drug-likeness (QED) is 0.314. The fourth-order valence-corrected chi connectivity index (χ4v) is 0.866. The first-order valence-electron chi connectivity index (χ1n) is 21.2. The van der Waals surface area contributed by atoms with Crippen molar-refractivity contribution in [3.8, 4) is 0 Å². The summed E-state index contributed by atoms with van der Waals surface area (Å²) in [4.78, 5) is 0. The molecule has 0 aliphatic carbocycles. The minimum absolute atomic E-state index is 0.201. The topological polar surface area (TPSA) is 0 Å². The van der Waals surface area contributed by atoms with Crippen LogP contribution in [-0.4, -0.2) is 0 Å². The monoisotopic (exact) mass is 519 g/mol. The standard InChI is InChI=1S/2C6H14.3C5H12.2C4H10/c2*1-4-5-6(2)3;3*1-4-5(2)3;2*1-4(2)3/h2*6H,4-5H2,1-3H3;3*5H,4H2,1-3H3;2*4H,1-3H3/i4D2,5D2;;1D2,4D2;1D3;;1D3;. The Morgan fingerprint density at radius 3 is 0.914 bits per heavy atom. The van der Waals surface area contributed by atoms with Gasteiger partial charge in [0.25, 0.3) is 0 Å². The summed E-state index contributed by atoms with van der Waals surface area (Å²) < 4.78 is 97.4. The van der Waals surface area contributed by atoms with E-state index in [0.717, 1.165) is 17.8 Å². The van der Waals surface area contributed by atoms with E-state index in [9.17, 15) is 0 Å². The van der Waals surface area contributed by atoms with Crippen LogP contribution in [0.15, 0.2) is 0 Å². The summed E-state index contributed by atoms with van der Waals surface area (Å²) in [6.07, 6.45) is -0.807. The minimum atomic E-state index is -1.75. The maximum Gasteiger partial charge on any atom is 0.0269 e. The van der Waals surface area contributed by atoms with Gasteiger partial charge in [-0.05, 0) is 41.4 Å². The van der Waals surface area contributed by atoms with Crippen LogP contribution in [0.4, 0.5) is 0 Å². The molecular weight excluding hydrogens is 420 g/mol. The van der Waals surface area contributed by atoms with Crippen LogP contribution in [0.5, 0.6) is 0 Å². The molecule has 0 unspecified atom stereocenters. The van der Waals surface area contributed by atoms with Gasteiger partial charge in [-0.25, -0.2) is 0 Å². The highest BCUT2D eigenvalue weighted by Gasteiger charge is 1.86. The van der Waals surface area contributed by atoms with Crippen LogP contribution >= 0.6 is 0 Å². The predicted molar refractivity (Wildman–Crippen MR) is 176 cm³/mol. The smallest absolute Gasteiger partial charge is 0.0269 e. The van der Waals surface area contributed by atoms with Gasteiger partial charge in [0.2, 0.25) is 0 Å². The average molecular weight is 519 g/mol. The first kappa shape index (κ1) is 22.9. The van der Waals surface area contributed by atoms with Crippen molar-refractivity contribution in [3.05, 3.63) is 0 Å². The molecule has 35 heavy (non-hydrogen) atoms. The lowest BCUT2D eigenvalue weighted by Gasteiger charge is -1.95. The Bertz CT molecular complexity index is 657. The van der Waals surface area contributed by atoms with Gasteiger partial charge < -0.3 is 0 Å². The van der Waals surface area contributed by atoms with Crippen molar-refractivity contribution in [2.75, 3.05) is 0 Å². The Kier molecular flexibility index (Phi) is 30.9. The van der Waals surface area contributed by atoms with Gasteiger partial charge in [-0.2, -0.15) is 0 Å². The zero-order valence-corrected chi connectivity index (χ0v) is 27.9. The van der Waals surface area contributed by atoms with E-state index in [2.05, 4.69) is 62.3 Å². The molecule has 0 aromatic rings. The molecule has 0 saturated carbocycles. The molecular formula is C35H84. The van der Waals surface area contributed by atoms with Crippen LogP contribution in [0.1, 0.15) is 209 Å². The zero-order chi connectivity index (χ0) is 41.9. The van der Waals surface area contributed by atoms with Crippen LogP contribution in [0.25, 0.3) is 0 Å². The second kappa shape index (κ2) is 47.2. The third kappa shape index (κ3) is 242. The van der Waals surface area contributed by atoms with Gasteiger partial charge in [0.05, 0.1) is 0 Å². The molecule has 0 bridgehead atoms. The van der Waals surface area contributed by atoms with E-state index in [1.807, 2.05) is 13.8 Å². The average Bonchev–Trinajstić information content (AvgIpc) is 2.82. The normalized spacial score (nSPS) is 17.5. The summed E-state index contributed by atoms with van der Waals surface area (Å²) in [5.74, 6) is 2.16. The van der Waals surface area contributed by atoms with E-state index in [1.165, 1.54) is 26.2 Å². The highest BCUT2D eigenvalue weighted by atomic mass is 13.9. The molecule has 0 heteroatoms. The highest BCUT2D eigenvalue weighted by Crippen LogP contribution is 2.01. The molecule has 0 saturated heterocycles. The van der Waals surface area contributed by atoms with Crippen molar-refractivity contribution in [1.82, 2.24) is 0 Å². The fraction of sp³-hybridized carbons (Fsp3) is 1.00. The Morgan fingerprint density at radius 2 is 0.914 bits per heavy atom. The van der Waals surface area contributed by atoms with Gasteiger partial charge in [0.15, 0.2) is 0 Å². The van der Waals surface area contributed by atoms with E-state index in [0.29, 0.717) is 6.42 Å². The summed E-state index contributed by atoms with van der Waals surface area (Å²) in [6, 6.07) is 0. The fourth-order valence-electron chi connectivity index (χ4n) is 0.866. The summed E-state index contributed by atoms with van der Waals surface area (Å²) in [5, 5.41) is 0. The molecule has 0 nitrogen and oxygen atoms in total. The number of hydrogen-bond acceptors (Lipinski definition) is 0. The maximum absolute atomic E-state index is 7.32. The Morgan fingerprint density at radius 1 is 0.543 bits per heavy atom.